The molecule has 1 aliphatic rings. The number of carbonyl (C=O) groups is 1. The number of rotatable bonds is 8. The highest BCUT2D eigenvalue weighted by atomic mass is 16.5. The molecule has 1 aromatic carbocycles. The van der Waals surface area contributed by atoms with Crippen molar-refractivity contribution in [3.63, 3.8) is 0 Å². The minimum Gasteiger partial charge on any atom is -0.492 e. The minimum atomic E-state index is 0.102. The highest BCUT2D eigenvalue weighted by molar-refractivity contribution is 5.95. The highest BCUT2D eigenvalue weighted by Gasteiger charge is 2.30. The number of benzene rings is 1. The van der Waals surface area contributed by atoms with Crippen LogP contribution in [0.5, 0.6) is 5.75 Å². The van der Waals surface area contributed by atoms with E-state index in [4.69, 9.17) is 10.5 Å². The summed E-state index contributed by atoms with van der Waals surface area (Å²) >= 11 is 0. The van der Waals surface area contributed by atoms with E-state index in [1.165, 1.54) is 0 Å². The van der Waals surface area contributed by atoms with Crippen molar-refractivity contribution in [1.82, 2.24) is 0 Å². The van der Waals surface area contributed by atoms with Crippen LogP contribution < -0.4 is 15.8 Å². The van der Waals surface area contributed by atoms with Crippen molar-refractivity contribution in [2.45, 2.75) is 52.5 Å². The number of nitrogens with one attached hydrogen (secondary N) is 1. The number of carbonyl (C=O) groups excluding carboxylic acids is 1. The van der Waals surface area contributed by atoms with Crippen molar-refractivity contribution < 1.29 is 9.53 Å². The van der Waals surface area contributed by atoms with Gasteiger partial charge in [-0.2, -0.15) is 0 Å². The summed E-state index contributed by atoms with van der Waals surface area (Å²) in [6.45, 7) is 6.89. The average Bonchev–Trinajstić information content (AvgIpc) is 3.25. The molecule has 0 aromatic heterocycles. The monoisotopic (exact) mass is 304 g/mol. The maximum absolute atomic E-state index is 11.9. The molecule has 1 saturated carbocycles. The largest absolute Gasteiger partial charge is 0.492 e. The first kappa shape index (κ1) is 16.8. The molecule has 122 valence electrons. The molecule has 1 unspecified atom stereocenters. The third kappa shape index (κ3) is 5.02. The van der Waals surface area contributed by atoms with Gasteiger partial charge in [-0.25, -0.2) is 0 Å². The van der Waals surface area contributed by atoms with Crippen molar-refractivity contribution in [3.8, 4) is 5.75 Å². The summed E-state index contributed by atoms with van der Waals surface area (Å²) in [6.07, 6.45) is 3.83. The molecule has 4 nitrogen and oxygen atoms in total. The van der Waals surface area contributed by atoms with Crippen molar-refractivity contribution in [2.24, 2.45) is 17.6 Å². The van der Waals surface area contributed by atoms with Crippen LogP contribution in [0.4, 0.5) is 5.69 Å². The zero-order valence-electron chi connectivity index (χ0n) is 13.9. The van der Waals surface area contributed by atoms with Gasteiger partial charge in [-0.1, -0.05) is 19.9 Å². The molecule has 0 saturated heterocycles. The molecule has 0 radical (unpaired) electrons. The van der Waals surface area contributed by atoms with Crippen LogP contribution >= 0.6 is 0 Å². The van der Waals surface area contributed by atoms with Gasteiger partial charge in [-0.15, -0.1) is 0 Å². The summed E-state index contributed by atoms with van der Waals surface area (Å²) in [7, 11) is 0. The second-order valence-electron chi connectivity index (χ2n) is 6.62. The van der Waals surface area contributed by atoms with Crippen molar-refractivity contribution in [2.75, 3.05) is 11.9 Å². The van der Waals surface area contributed by atoms with Crippen molar-refractivity contribution in [3.05, 3.63) is 23.8 Å². The lowest BCUT2D eigenvalue weighted by Gasteiger charge is -2.16. The molecule has 1 amide bonds. The van der Waals surface area contributed by atoms with Gasteiger partial charge in [0.25, 0.3) is 0 Å². The van der Waals surface area contributed by atoms with Crippen LogP contribution in [0.1, 0.15) is 45.6 Å². The summed E-state index contributed by atoms with van der Waals surface area (Å²) in [5.74, 6) is 1.63. The second-order valence-corrected chi connectivity index (χ2v) is 6.62. The molecule has 0 bridgehead atoms. The Kier molecular flexibility index (Phi) is 5.83. The van der Waals surface area contributed by atoms with E-state index in [0.29, 0.717) is 12.5 Å². The normalized spacial score (nSPS) is 15.7. The van der Waals surface area contributed by atoms with Gasteiger partial charge in [0, 0.05) is 12.0 Å². The van der Waals surface area contributed by atoms with E-state index in [9.17, 15) is 4.79 Å². The molecule has 1 aliphatic carbocycles. The number of anilines is 1. The Bertz CT molecular complexity index is 510. The molecule has 3 N–H and O–H groups in total. The fourth-order valence-electron chi connectivity index (χ4n) is 2.64. The van der Waals surface area contributed by atoms with Crippen LogP contribution in [0.2, 0.25) is 0 Å². The summed E-state index contributed by atoms with van der Waals surface area (Å²) in [4.78, 5) is 11.9. The Morgan fingerprint density at radius 2 is 2.14 bits per heavy atom. The quantitative estimate of drug-likeness (QED) is 0.774. The number of hydrogen-bond donors (Lipinski definition) is 2. The zero-order chi connectivity index (χ0) is 16.1. The van der Waals surface area contributed by atoms with Crippen LogP contribution in [-0.4, -0.2) is 18.6 Å². The Labute approximate surface area is 133 Å². The smallest absolute Gasteiger partial charge is 0.227 e. The number of amides is 1. The first-order valence-corrected chi connectivity index (χ1v) is 8.31. The van der Waals surface area contributed by atoms with E-state index in [0.717, 1.165) is 42.7 Å². The number of nitrogens with two attached hydrogens (primary N) is 1. The fourth-order valence-corrected chi connectivity index (χ4v) is 2.64. The van der Waals surface area contributed by atoms with Crippen molar-refractivity contribution >= 4 is 11.6 Å². The van der Waals surface area contributed by atoms with Crippen molar-refractivity contribution in [1.29, 1.82) is 0 Å². The predicted octanol–water partition coefficient (Wildman–Crippen LogP) is 3.35. The first-order valence-electron chi connectivity index (χ1n) is 8.31. The predicted molar refractivity (Wildman–Crippen MR) is 90.1 cm³/mol. The van der Waals surface area contributed by atoms with E-state index in [-0.39, 0.29) is 17.9 Å². The molecule has 2 rings (SSSR count). The van der Waals surface area contributed by atoms with E-state index in [2.05, 4.69) is 19.2 Å². The van der Waals surface area contributed by atoms with Crippen LogP contribution in [0.25, 0.3) is 0 Å². The molecular formula is C18H28N2O2. The summed E-state index contributed by atoms with van der Waals surface area (Å²) in [6, 6.07) is 6.13. The Morgan fingerprint density at radius 3 is 2.73 bits per heavy atom. The maximum atomic E-state index is 11.9. The first-order chi connectivity index (χ1) is 10.5. The third-order valence-corrected chi connectivity index (χ3v) is 3.82. The lowest BCUT2D eigenvalue weighted by atomic mass is 9.98. The van der Waals surface area contributed by atoms with Crippen LogP contribution in [-0.2, 0) is 11.2 Å². The van der Waals surface area contributed by atoms with E-state index >= 15 is 0 Å². The number of hydrogen-bond acceptors (Lipinski definition) is 3. The van der Waals surface area contributed by atoms with Crippen LogP contribution in [0, 0.1) is 11.8 Å². The Balaban J connectivity index is 2.06. The van der Waals surface area contributed by atoms with Gasteiger partial charge < -0.3 is 15.8 Å². The van der Waals surface area contributed by atoms with Gasteiger partial charge >= 0.3 is 0 Å². The SMILES string of the molecule is CCOc1cc(CC(N)CC(C)C)ccc1NC(=O)C1CC1. The molecule has 22 heavy (non-hydrogen) atoms. The van der Waals surface area contributed by atoms with Gasteiger partial charge in [-0.05, 0) is 56.2 Å². The van der Waals surface area contributed by atoms with Crippen LogP contribution in [0.3, 0.4) is 0 Å². The highest BCUT2D eigenvalue weighted by Crippen LogP contribution is 2.33. The fraction of sp³-hybridized carbons (Fsp3) is 0.611. The summed E-state index contributed by atoms with van der Waals surface area (Å²) in [5, 5.41) is 2.97. The standard InChI is InChI=1S/C18H28N2O2/c1-4-22-17-11-13(10-15(19)9-12(2)3)5-8-16(17)20-18(21)14-6-7-14/h5,8,11-12,14-15H,4,6-7,9-10,19H2,1-3H3,(H,20,21). The van der Waals surface area contributed by atoms with E-state index < -0.39 is 0 Å². The zero-order valence-corrected chi connectivity index (χ0v) is 13.9. The van der Waals surface area contributed by atoms with Gasteiger partial charge in [0.15, 0.2) is 0 Å². The third-order valence-electron chi connectivity index (χ3n) is 3.82. The lowest BCUT2D eigenvalue weighted by Crippen LogP contribution is -2.24. The Hall–Kier alpha value is -1.55. The molecule has 0 spiro atoms. The van der Waals surface area contributed by atoms with Gasteiger partial charge in [0.1, 0.15) is 5.75 Å². The van der Waals surface area contributed by atoms with Crippen LogP contribution in [0.15, 0.2) is 18.2 Å². The average molecular weight is 304 g/mol. The molecule has 1 fully saturated rings. The molecule has 1 atom stereocenters. The van der Waals surface area contributed by atoms with Gasteiger partial charge in [0.05, 0.1) is 12.3 Å². The number of ether oxygens (including phenoxy) is 1. The topological polar surface area (TPSA) is 64.3 Å². The maximum Gasteiger partial charge on any atom is 0.227 e. The summed E-state index contributed by atoms with van der Waals surface area (Å²) in [5.41, 5.74) is 8.10. The molecular weight excluding hydrogens is 276 g/mol. The van der Waals surface area contributed by atoms with E-state index in [1.54, 1.807) is 0 Å². The minimum absolute atomic E-state index is 0.102. The van der Waals surface area contributed by atoms with Gasteiger partial charge in [0.2, 0.25) is 5.91 Å². The van der Waals surface area contributed by atoms with E-state index in [1.807, 2.05) is 25.1 Å². The lowest BCUT2D eigenvalue weighted by molar-refractivity contribution is -0.117. The Morgan fingerprint density at radius 1 is 1.41 bits per heavy atom. The molecule has 1 aromatic rings. The molecule has 0 heterocycles. The second kappa shape index (κ2) is 7.63. The van der Waals surface area contributed by atoms with Gasteiger partial charge in [-0.3, -0.25) is 4.79 Å². The molecule has 0 aliphatic heterocycles. The summed E-state index contributed by atoms with van der Waals surface area (Å²) < 4.78 is 5.69. The molecule has 4 heteroatoms.